The van der Waals surface area contributed by atoms with Crippen molar-refractivity contribution in [3.05, 3.63) is 42.2 Å². The van der Waals surface area contributed by atoms with Crippen LogP contribution in [0.25, 0.3) is 0 Å². The molecule has 3 rings (SSSR count). The Morgan fingerprint density at radius 1 is 1.22 bits per heavy atom. The van der Waals surface area contributed by atoms with Crippen molar-refractivity contribution in [2.75, 3.05) is 36.4 Å². The molecule has 1 fully saturated rings. The molecular formula is C22H32IN7O2. The Labute approximate surface area is 206 Å². The number of guanidine groups is 1. The molecule has 10 heteroatoms. The van der Waals surface area contributed by atoms with Gasteiger partial charge in [0.1, 0.15) is 6.54 Å². The van der Waals surface area contributed by atoms with Crippen molar-refractivity contribution in [2.45, 2.75) is 27.3 Å². The molecule has 1 aliphatic rings. The van der Waals surface area contributed by atoms with Crippen LogP contribution in [0.4, 0.5) is 11.4 Å². The number of halogens is 1. The van der Waals surface area contributed by atoms with Gasteiger partial charge in [0.15, 0.2) is 5.96 Å². The lowest BCUT2D eigenvalue weighted by molar-refractivity contribution is -0.120. The van der Waals surface area contributed by atoms with E-state index in [0.717, 1.165) is 29.4 Å². The second kappa shape index (κ2) is 11.8. The van der Waals surface area contributed by atoms with Gasteiger partial charge in [-0.25, -0.2) is 4.99 Å². The van der Waals surface area contributed by atoms with Crippen LogP contribution in [0.15, 0.2) is 41.7 Å². The van der Waals surface area contributed by atoms with Gasteiger partial charge in [-0.05, 0) is 24.6 Å². The topological polar surface area (TPSA) is 94.9 Å². The lowest BCUT2D eigenvalue weighted by Crippen LogP contribution is -2.55. The Hall–Kier alpha value is -2.63. The molecular weight excluding hydrogens is 521 g/mol. The molecule has 2 aromatic rings. The molecule has 0 radical (unpaired) electrons. The molecule has 9 nitrogen and oxygen atoms in total. The lowest BCUT2D eigenvalue weighted by Gasteiger charge is -2.35. The molecule has 0 bridgehead atoms. The number of hydrogen-bond acceptors (Lipinski definition) is 4. The molecule has 32 heavy (non-hydrogen) atoms. The van der Waals surface area contributed by atoms with E-state index in [1.54, 1.807) is 15.8 Å². The summed E-state index contributed by atoms with van der Waals surface area (Å²) in [5, 5.41) is 10.3. The van der Waals surface area contributed by atoms with E-state index in [1.165, 1.54) is 0 Å². The van der Waals surface area contributed by atoms with Crippen molar-refractivity contribution in [3.63, 3.8) is 0 Å². The third kappa shape index (κ3) is 6.68. The highest BCUT2D eigenvalue weighted by atomic mass is 127. The van der Waals surface area contributed by atoms with Crippen LogP contribution in [0.1, 0.15) is 26.3 Å². The van der Waals surface area contributed by atoms with Gasteiger partial charge in [0, 0.05) is 44.5 Å². The minimum Gasteiger partial charge on any atom is -0.356 e. The summed E-state index contributed by atoms with van der Waals surface area (Å²) in [6, 6.07) is 7.67. The van der Waals surface area contributed by atoms with Crippen molar-refractivity contribution < 1.29 is 9.59 Å². The summed E-state index contributed by atoms with van der Waals surface area (Å²) in [6.07, 6.45) is 3.56. The highest BCUT2D eigenvalue weighted by Gasteiger charge is 2.27. The average Bonchev–Trinajstić information content (AvgIpc) is 3.18. The summed E-state index contributed by atoms with van der Waals surface area (Å²) in [5.41, 5.74) is 2.62. The number of amides is 2. The predicted octanol–water partition coefficient (Wildman–Crippen LogP) is 2.45. The van der Waals surface area contributed by atoms with Crippen molar-refractivity contribution in [1.82, 2.24) is 20.0 Å². The molecule has 2 amide bonds. The van der Waals surface area contributed by atoms with Gasteiger partial charge in [0.2, 0.25) is 11.8 Å². The number of carbonyl (C=O) groups excluding carboxylic acids is 2. The SMILES string of the molecule is CCNC(=NCc1ccc(NC(=O)C(C)C)cc1)N1CCN(c2cnn(C)c2)C(=O)C1.I. The van der Waals surface area contributed by atoms with Gasteiger partial charge in [-0.15, -0.1) is 24.0 Å². The summed E-state index contributed by atoms with van der Waals surface area (Å²) in [5.74, 6) is 0.678. The smallest absolute Gasteiger partial charge is 0.246 e. The van der Waals surface area contributed by atoms with Gasteiger partial charge >= 0.3 is 0 Å². The first kappa shape index (κ1) is 25.6. The zero-order valence-corrected chi connectivity index (χ0v) is 21.4. The molecule has 0 saturated carbocycles. The first-order valence-electron chi connectivity index (χ1n) is 10.6. The van der Waals surface area contributed by atoms with Gasteiger partial charge < -0.3 is 20.4 Å². The molecule has 0 spiro atoms. The number of aliphatic imine (C=N–C) groups is 1. The number of aryl methyl sites for hydroxylation is 1. The number of nitrogens with one attached hydrogen (secondary N) is 2. The summed E-state index contributed by atoms with van der Waals surface area (Å²) in [7, 11) is 1.84. The van der Waals surface area contributed by atoms with E-state index in [4.69, 9.17) is 4.99 Å². The van der Waals surface area contributed by atoms with E-state index < -0.39 is 0 Å². The maximum atomic E-state index is 12.7. The Morgan fingerprint density at radius 2 is 1.94 bits per heavy atom. The van der Waals surface area contributed by atoms with Crippen LogP contribution < -0.4 is 15.5 Å². The number of carbonyl (C=O) groups is 2. The van der Waals surface area contributed by atoms with Crippen LogP contribution in [0.2, 0.25) is 0 Å². The molecule has 0 aliphatic carbocycles. The monoisotopic (exact) mass is 553 g/mol. The van der Waals surface area contributed by atoms with E-state index in [9.17, 15) is 9.59 Å². The normalized spacial score (nSPS) is 14.4. The van der Waals surface area contributed by atoms with Crippen molar-refractivity contribution >= 4 is 53.1 Å². The third-order valence-corrected chi connectivity index (χ3v) is 5.02. The highest BCUT2D eigenvalue weighted by Crippen LogP contribution is 2.16. The molecule has 2 heterocycles. The van der Waals surface area contributed by atoms with Crippen LogP contribution in [-0.4, -0.2) is 58.6 Å². The molecule has 1 aliphatic heterocycles. The van der Waals surface area contributed by atoms with Gasteiger partial charge in [0.05, 0.1) is 18.4 Å². The van der Waals surface area contributed by atoms with Gasteiger partial charge in [0.25, 0.3) is 0 Å². The first-order valence-corrected chi connectivity index (χ1v) is 10.6. The third-order valence-electron chi connectivity index (χ3n) is 5.02. The fourth-order valence-corrected chi connectivity index (χ4v) is 3.25. The predicted molar refractivity (Wildman–Crippen MR) is 137 cm³/mol. The maximum Gasteiger partial charge on any atom is 0.246 e. The molecule has 1 aromatic heterocycles. The highest BCUT2D eigenvalue weighted by molar-refractivity contribution is 14.0. The van der Waals surface area contributed by atoms with E-state index in [0.29, 0.717) is 19.6 Å². The molecule has 0 unspecified atom stereocenters. The fourth-order valence-electron chi connectivity index (χ4n) is 3.25. The van der Waals surface area contributed by atoms with Crippen LogP contribution in [0.3, 0.4) is 0 Å². The van der Waals surface area contributed by atoms with Crippen molar-refractivity contribution in [2.24, 2.45) is 18.0 Å². The molecule has 0 atom stereocenters. The maximum absolute atomic E-state index is 12.7. The lowest BCUT2D eigenvalue weighted by atomic mass is 10.1. The Morgan fingerprint density at radius 3 is 2.50 bits per heavy atom. The summed E-state index contributed by atoms with van der Waals surface area (Å²) < 4.78 is 1.69. The summed E-state index contributed by atoms with van der Waals surface area (Å²) in [6.45, 7) is 8.47. The molecule has 174 valence electrons. The van der Waals surface area contributed by atoms with E-state index in [-0.39, 0.29) is 48.3 Å². The first-order chi connectivity index (χ1) is 14.9. The standard InChI is InChI=1S/C22H31N7O2.HI/c1-5-23-22(24-12-17-6-8-18(9-7-17)26-21(31)16(2)3)28-10-11-29(20(30)15-28)19-13-25-27(4)14-19;/h6-9,13-14,16H,5,10-12,15H2,1-4H3,(H,23,24)(H,26,31);1H. The number of piperazine rings is 1. The zero-order chi connectivity index (χ0) is 22.4. The Kier molecular flexibility index (Phi) is 9.48. The molecule has 1 aromatic carbocycles. The second-order valence-electron chi connectivity index (χ2n) is 7.85. The van der Waals surface area contributed by atoms with Crippen molar-refractivity contribution in [1.29, 1.82) is 0 Å². The zero-order valence-electron chi connectivity index (χ0n) is 19.0. The van der Waals surface area contributed by atoms with E-state index in [1.807, 2.05) is 63.2 Å². The summed E-state index contributed by atoms with van der Waals surface area (Å²) >= 11 is 0. The number of benzene rings is 1. The molecule has 1 saturated heterocycles. The second-order valence-corrected chi connectivity index (χ2v) is 7.85. The van der Waals surface area contributed by atoms with Crippen LogP contribution in [0, 0.1) is 5.92 Å². The van der Waals surface area contributed by atoms with Gasteiger partial charge in [-0.2, -0.15) is 5.10 Å². The van der Waals surface area contributed by atoms with Crippen LogP contribution in [0.5, 0.6) is 0 Å². The fraction of sp³-hybridized carbons (Fsp3) is 0.455. The van der Waals surface area contributed by atoms with E-state index >= 15 is 0 Å². The van der Waals surface area contributed by atoms with Gasteiger partial charge in [-0.3, -0.25) is 14.3 Å². The van der Waals surface area contributed by atoms with E-state index in [2.05, 4.69) is 15.7 Å². The number of hydrogen-bond donors (Lipinski definition) is 2. The number of aromatic nitrogens is 2. The Bertz CT molecular complexity index is 940. The number of rotatable bonds is 6. The quantitative estimate of drug-likeness (QED) is 0.326. The minimum absolute atomic E-state index is 0. The van der Waals surface area contributed by atoms with Crippen LogP contribution in [-0.2, 0) is 23.2 Å². The number of nitrogens with zero attached hydrogens (tertiary/aromatic N) is 5. The average molecular weight is 553 g/mol. The molecule has 2 N–H and O–H groups in total. The number of anilines is 2. The van der Waals surface area contributed by atoms with Crippen LogP contribution >= 0.6 is 24.0 Å². The Balaban J connectivity index is 0.00000363. The van der Waals surface area contributed by atoms with Crippen molar-refractivity contribution in [3.8, 4) is 0 Å². The van der Waals surface area contributed by atoms with Gasteiger partial charge in [-0.1, -0.05) is 26.0 Å². The minimum atomic E-state index is -0.0618. The summed E-state index contributed by atoms with van der Waals surface area (Å²) in [4.78, 5) is 33.0. The largest absolute Gasteiger partial charge is 0.356 e.